The maximum Gasteiger partial charge on any atom is 0.156 e. The van der Waals surface area contributed by atoms with Gasteiger partial charge in [-0.05, 0) is 45.0 Å². The smallest absolute Gasteiger partial charge is 0.156 e. The molecule has 0 radical (unpaired) electrons. The molecule has 0 aliphatic carbocycles. The number of rotatable bonds is 5. The van der Waals surface area contributed by atoms with E-state index in [0.29, 0.717) is 17.9 Å². The Morgan fingerprint density at radius 3 is 2.48 bits per heavy atom. The molecule has 0 fully saturated rings. The number of carbonyl (C=O) groups excluding carboxylic acids is 1. The third kappa shape index (κ3) is 3.92. The van der Waals surface area contributed by atoms with Crippen LogP contribution in [0.5, 0.6) is 5.75 Å². The monoisotopic (exact) mass is 305 g/mol. The molecule has 0 bridgehead atoms. The molecule has 0 saturated heterocycles. The Balaban J connectivity index is 2.24. The number of nitrogens with one attached hydrogen (secondary N) is 1. The van der Waals surface area contributed by atoms with Crippen LogP contribution in [0, 0.1) is 6.92 Å². The number of hydrogen-bond donors (Lipinski definition) is 1. The first-order valence-corrected chi connectivity index (χ1v) is 6.90. The normalized spacial score (nSPS) is 10.5. The van der Waals surface area contributed by atoms with Gasteiger partial charge in [-0.25, -0.2) is 9.97 Å². The number of benzene rings is 1. The van der Waals surface area contributed by atoms with E-state index in [1.807, 2.05) is 38.1 Å². The first-order chi connectivity index (χ1) is 9.99. The second kappa shape index (κ2) is 6.54. The molecule has 1 aromatic heterocycles. The van der Waals surface area contributed by atoms with Gasteiger partial charge in [0.15, 0.2) is 6.29 Å². The molecular weight excluding hydrogens is 290 g/mol. The fourth-order valence-corrected chi connectivity index (χ4v) is 2.03. The summed E-state index contributed by atoms with van der Waals surface area (Å²) in [5.74, 6) is 1.66. The molecule has 0 aliphatic heterocycles. The second-order valence-corrected chi connectivity index (χ2v) is 5.12. The van der Waals surface area contributed by atoms with Crippen LogP contribution < -0.4 is 10.1 Å². The number of nitrogens with zero attached hydrogens (tertiary/aromatic N) is 2. The number of halogens is 1. The van der Waals surface area contributed by atoms with Gasteiger partial charge in [-0.2, -0.15) is 0 Å². The number of aldehydes is 1. The van der Waals surface area contributed by atoms with Gasteiger partial charge in [-0.3, -0.25) is 4.79 Å². The van der Waals surface area contributed by atoms with Gasteiger partial charge in [-0.15, -0.1) is 0 Å². The minimum Gasteiger partial charge on any atom is -0.491 e. The summed E-state index contributed by atoms with van der Waals surface area (Å²) in [5, 5.41) is 3.20. The lowest BCUT2D eigenvalue weighted by atomic mass is 10.2. The third-order valence-corrected chi connectivity index (χ3v) is 2.91. The molecule has 1 N–H and O–H groups in total. The molecule has 2 aromatic rings. The first kappa shape index (κ1) is 15.3. The zero-order valence-electron chi connectivity index (χ0n) is 12.1. The lowest BCUT2D eigenvalue weighted by Gasteiger charge is -2.12. The van der Waals surface area contributed by atoms with E-state index in [2.05, 4.69) is 15.3 Å². The van der Waals surface area contributed by atoms with Crippen molar-refractivity contribution < 1.29 is 9.53 Å². The summed E-state index contributed by atoms with van der Waals surface area (Å²) >= 11 is 5.94. The highest BCUT2D eigenvalue weighted by Gasteiger charge is 2.11. The van der Waals surface area contributed by atoms with E-state index in [9.17, 15) is 4.79 Å². The molecule has 6 heteroatoms. The Morgan fingerprint density at radius 1 is 1.24 bits per heavy atom. The zero-order chi connectivity index (χ0) is 15.4. The highest BCUT2D eigenvalue weighted by atomic mass is 35.5. The van der Waals surface area contributed by atoms with E-state index in [4.69, 9.17) is 16.3 Å². The number of carbonyl (C=O) groups is 1. The predicted octanol–water partition coefficient (Wildman–Crippen LogP) is 3.78. The predicted molar refractivity (Wildman–Crippen MR) is 82.7 cm³/mol. The topological polar surface area (TPSA) is 64.1 Å². The summed E-state index contributed by atoms with van der Waals surface area (Å²) in [5.41, 5.74) is 1.02. The molecule has 0 atom stereocenters. The van der Waals surface area contributed by atoms with Crippen LogP contribution in [0.3, 0.4) is 0 Å². The van der Waals surface area contributed by atoms with E-state index in [0.717, 1.165) is 11.4 Å². The van der Waals surface area contributed by atoms with Crippen LogP contribution in [0.4, 0.5) is 11.5 Å². The Labute approximate surface area is 128 Å². The fourth-order valence-electron chi connectivity index (χ4n) is 1.77. The summed E-state index contributed by atoms with van der Waals surface area (Å²) in [6, 6.07) is 7.38. The minimum absolute atomic E-state index is 0.119. The number of anilines is 2. The number of hydrogen-bond acceptors (Lipinski definition) is 5. The molecule has 0 unspecified atom stereocenters. The van der Waals surface area contributed by atoms with Crippen molar-refractivity contribution in [2.75, 3.05) is 5.32 Å². The van der Waals surface area contributed by atoms with Crippen LogP contribution in [-0.4, -0.2) is 22.4 Å². The van der Waals surface area contributed by atoms with Crippen LogP contribution in [0.1, 0.15) is 30.0 Å². The summed E-state index contributed by atoms with van der Waals surface area (Å²) in [6.45, 7) is 5.65. The van der Waals surface area contributed by atoms with Crippen LogP contribution in [0.15, 0.2) is 24.3 Å². The van der Waals surface area contributed by atoms with Crippen molar-refractivity contribution in [3.63, 3.8) is 0 Å². The average molecular weight is 306 g/mol. The lowest BCUT2D eigenvalue weighted by Crippen LogP contribution is -2.06. The Morgan fingerprint density at radius 2 is 1.90 bits per heavy atom. The highest BCUT2D eigenvalue weighted by molar-refractivity contribution is 6.32. The SMILES string of the molecule is Cc1nc(Cl)c(C=O)c(Nc2ccc(OC(C)C)cc2)n1. The van der Waals surface area contributed by atoms with E-state index >= 15 is 0 Å². The Kier molecular flexibility index (Phi) is 4.75. The number of ether oxygens (including phenoxy) is 1. The molecule has 0 saturated carbocycles. The van der Waals surface area contributed by atoms with Crippen molar-refractivity contribution in [3.05, 3.63) is 40.8 Å². The molecule has 0 aliphatic rings. The van der Waals surface area contributed by atoms with Crippen molar-refractivity contribution in [2.45, 2.75) is 26.9 Å². The highest BCUT2D eigenvalue weighted by Crippen LogP contribution is 2.24. The largest absolute Gasteiger partial charge is 0.491 e. The van der Waals surface area contributed by atoms with Crippen molar-refractivity contribution in [1.82, 2.24) is 9.97 Å². The maximum absolute atomic E-state index is 11.1. The molecule has 110 valence electrons. The summed E-state index contributed by atoms with van der Waals surface area (Å²) in [7, 11) is 0. The average Bonchev–Trinajstić information content (AvgIpc) is 2.40. The van der Waals surface area contributed by atoms with Gasteiger partial charge < -0.3 is 10.1 Å². The maximum atomic E-state index is 11.1. The standard InChI is InChI=1S/C15H16ClN3O2/c1-9(2)21-12-6-4-11(5-7-12)19-15-13(8-20)14(16)17-10(3)18-15/h4-9H,1-3H3,(H,17,18,19). The molecule has 5 nitrogen and oxygen atoms in total. The fraction of sp³-hybridized carbons (Fsp3) is 0.267. The molecule has 2 rings (SSSR count). The molecule has 0 spiro atoms. The van der Waals surface area contributed by atoms with Gasteiger partial charge in [0.2, 0.25) is 0 Å². The van der Waals surface area contributed by atoms with Gasteiger partial charge >= 0.3 is 0 Å². The molecule has 0 amide bonds. The van der Waals surface area contributed by atoms with Gasteiger partial charge in [0.25, 0.3) is 0 Å². The molecular formula is C15H16ClN3O2. The van der Waals surface area contributed by atoms with Gasteiger partial charge in [0.1, 0.15) is 22.5 Å². The Bertz CT molecular complexity index is 642. The summed E-state index contributed by atoms with van der Waals surface area (Å²) in [4.78, 5) is 19.3. The van der Waals surface area contributed by atoms with Crippen molar-refractivity contribution in [2.24, 2.45) is 0 Å². The minimum atomic E-state index is 0.119. The van der Waals surface area contributed by atoms with Crippen LogP contribution in [0.2, 0.25) is 5.15 Å². The molecule has 21 heavy (non-hydrogen) atoms. The zero-order valence-corrected chi connectivity index (χ0v) is 12.8. The number of aryl methyl sites for hydroxylation is 1. The third-order valence-electron chi connectivity index (χ3n) is 2.62. The summed E-state index contributed by atoms with van der Waals surface area (Å²) < 4.78 is 5.57. The van der Waals surface area contributed by atoms with Crippen molar-refractivity contribution >= 4 is 29.4 Å². The van der Waals surface area contributed by atoms with Crippen LogP contribution in [-0.2, 0) is 0 Å². The van der Waals surface area contributed by atoms with E-state index in [1.54, 1.807) is 6.92 Å². The molecule has 1 aromatic carbocycles. The molecule has 1 heterocycles. The van der Waals surface area contributed by atoms with Gasteiger partial charge in [0, 0.05) is 5.69 Å². The van der Waals surface area contributed by atoms with Gasteiger partial charge in [-0.1, -0.05) is 11.6 Å². The first-order valence-electron chi connectivity index (χ1n) is 6.52. The second-order valence-electron chi connectivity index (χ2n) is 4.76. The number of aromatic nitrogens is 2. The summed E-state index contributed by atoms with van der Waals surface area (Å²) in [6.07, 6.45) is 0.758. The van der Waals surface area contributed by atoms with E-state index < -0.39 is 0 Å². The van der Waals surface area contributed by atoms with E-state index in [-0.39, 0.29) is 16.8 Å². The van der Waals surface area contributed by atoms with Crippen molar-refractivity contribution in [1.29, 1.82) is 0 Å². The van der Waals surface area contributed by atoms with E-state index in [1.165, 1.54) is 0 Å². The van der Waals surface area contributed by atoms with Crippen molar-refractivity contribution in [3.8, 4) is 5.75 Å². The van der Waals surface area contributed by atoms with Crippen LogP contribution in [0.25, 0.3) is 0 Å². The Hall–Kier alpha value is -2.14. The quantitative estimate of drug-likeness (QED) is 0.672. The van der Waals surface area contributed by atoms with Crippen LogP contribution >= 0.6 is 11.6 Å². The van der Waals surface area contributed by atoms with Gasteiger partial charge in [0.05, 0.1) is 11.7 Å². The lowest BCUT2D eigenvalue weighted by molar-refractivity contribution is 0.112.